The number of carbonyl (C=O) groups is 1. The fraction of sp³-hybridized carbons (Fsp3) is 0.143. The molecule has 0 spiro atoms. The number of carboxylic acid groups (broad SMARTS) is 1. The van der Waals surface area contributed by atoms with E-state index in [9.17, 15) is 9.90 Å². The molecule has 0 aliphatic heterocycles. The van der Waals surface area contributed by atoms with Gasteiger partial charge in [-0.05, 0) is 6.92 Å². The molecule has 0 saturated heterocycles. The molecule has 0 unspecified atom stereocenters. The van der Waals surface area contributed by atoms with Crippen molar-refractivity contribution in [1.82, 2.24) is 19.6 Å². The number of aromatic nitrogens is 4. The minimum Gasteiger partial charge on any atom is -0.545 e. The number of carboxylic acids is 1. The van der Waals surface area contributed by atoms with E-state index >= 15 is 0 Å². The molecule has 0 aliphatic rings. The second-order valence-corrected chi connectivity index (χ2v) is 2.55. The van der Waals surface area contributed by atoms with E-state index in [1.54, 1.807) is 6.92 Å². The first-order valence-electron chi connectivity index (χ1n) is 3.57. The minimum atomic E-state index is -1.25. The van der Waals surface area contributed by atoms with Crippen molar-refractivity contribution in [1.29, 1.82) is 0 Å². The first kappa shape index (κ1) is 11.7. The van der Waals surface area contributed by atoms with E-state index in [2.05, 4.69) is 15.2 Å². The Morgan fingerprint density at radius 3 is 2.93 bits per heavy atom. The first-order valence-corrected chi connectivity index (χ1v) is 3.57. The molecular formula is C7H5KN4O2-. The summed E-state index contributed by atoms with van der Waals surface area (Å²) in [6.07, 6.45) is 2.62. The monoisotopic (exact) mass is 216 g/mol. The van der Waals surface area contributed by atoms with Gasteiger partial charge in [0.05, 0.1) is 5.97 Å². The Balaban J connectivity index is 0.000000980. The molecule has 67 valence electrons. The SMILES string of the molecule is Cc1c(C(=O)[O-])cnc2nncn12.[K]. The van der Waals surface area contributed by atoms with Crippen LogP contribution in [0.3, 0.4) is 0 Å². The van der Waals surface area contributed by atoms with Crippen LogP contribution in [0.1, 0.15) is 16.1 Å². The van der Waals surface area contributed by atoms with Crippen LogP contribution in [0.4, 0.5) is 0 Å². The predicted octanol–water partition coefficient (Wildman–Crippen LogP) is -1.58. The molecule has 2 rings (SSSR count). The van der Waals surface area contributed by atoms with Gasteiger partial charge in [0.15, 0.2) is 0 Å². The van der Waals surface area contributed by atoms with Crippen LogP contribution in [-0.2, 0) is 0 Å². The van der Waals surface area contributed by atoms with Gasteiger partial charge in [-0.15, -0.1) is 10.2 Å². The third-order valence-corrected chi connectivity index (χ3v) is 1.81. The van der Waals surface area contributed by atoms with Crippen molar-refractivity contribution >= 4 is 63.1 Å². The molecule has 0 fully saturated rings. The minimum absolute atomic E-state index is 0. The Bertz CT molecular complexity index is 481. The van der Waals surface area contributed by atoms with Gasteiger partial charge in [0.2, 0.25) is 0 Å². The molecule has 0 bridgehead atoms. The molecular weight excluding hydrogens is 211 g/mol. The van der Waals surface area contributed by atoms with Gasteiger partial charge in [-0.25, -0.2) is 4.98 Å². The average molecular weight is 216 g/mol. The predicted molar refractivity (Wildman–Crippen MR) is 45.6 cm³/mol. The number of hydrogen-bond acceptors (Lipinski definition) is 5. The maximum Gasteiger partial charge on any atom is 0.254 e. The summed E-state index contributed by atoms with van der Waals surface area (Å²) in [6.45, 7) is 1.64. The molecule has 14 heavy (non-hydrogen) atoms. The van der Waals surface area contributed by atoms with Crippen molar-refractivity contribution < 1.29 is 9.90 Å². The van der Waals surface area contributed by atoms with Gasteiger partial charge in [0, 0.05) is 68.8 Å². The summed E-state index contributed by atoms with van der Waals surface area (Å²) in [5.41, 5.74) is 0.558. The molecule has 2 heterocycles. The third-order valence-electron chi connectivity index (χ3n) is 1.81. The van der Waals surface area contributed by atoms with E-state index in [-0.39, 0.29) is 56.9 Å². The molecule has 0 aromatic carbocycles. The van der Waals surface area contributed by atoms with Crippen LogP contribution in [0.15, 0.2) is 12.5 Å². The quantitative estimate of drug-likeness (QED) is 0.537. The molecule has 0 amide bonds. The first-order chi connectivity index (χ1) is 6.20. The number of rotatable bonds is 1. The molecule has 0 N–H and O–H groups in total. The van der Waals surface area contributed by atoms with Gasteiger partial charge in [-0.1, -0.05) is 0 Å². The molecule has 0 aliphatic carbocycles. The molecule has 0 saturated carbocycles. The van der Waals surface area contributed by atoms with Crippen LogP contribution in [0.5, 0.6) is 0 Å². The Morgan fingerprint density at radius 2 is 2.29 bits per heavy atom. The number of nitrogens with zero attached hydrogens (tertiary/aromatic N) is 4. The van der Waals surface area contributed by atoms with Crippen LogP contribution >= 0.6 is 0 Å². The van der Waals surface area contributed by atoms with Crippen molar-refractivity contribution in [2.75, 3.05) is 0 Å². The fourth-order valence-electron chi connectivity index (χ4n) is 1.10. The molecule has 7 heteroatoms. The van der Waals surface area contributed by atoms with E-state index in [4.69, 9.17) is 0 Å². The molecule has 6 nitrogen and oxygen atoms in total. The fourth-order valence-corrected chi connectivity index (χ4v) is 1.10. The van der Waals surface area contributed by atoms with E-state index in [1.165, 1.54) is 16.9 Å². The third kappa shape index (κ3) is 1.86. The van der Waals surface area contributed by atoms with Gasteiger partial charge in [0.1, 0.15) is 6.33 Å². The van der Waals surface area contributed by atoms with Crippen molar-refractivity contribution in [2.24, 2.45) is 0 Å². The second kappa shape index (κ2) is 4.45. The van der Waals surface area contributed by atoms with E-state index in [1.807, 2.05) is 0 Å². The van der Waals surface area contributed by atoms with Crippen LogP contribution < -0.4 is 5.11 Å². The Morgan fingerprint density at radius 1 is 1.57 bits per heavy atom. The second-order valence-electron chi connectivity index (χ2n) is 2.55. The summed E-state index contributed by atoms with van der Waals surface area (Å²) in [4.78, 5) is 14.4. The van der Waals surface area contributed by atoms with Crippen LogP contribution in [0, 0.1) is 6.92 Å². The topological polar surface area (TPSA) is 83.2 Å². The molecule has 2 aromatic heterocycles. The Kier molecular flexibility index (Phi) is 3.73. The number of carbonyl (C=O) groups excluding carboxylic acids is 1. The zero-order chi connectivity index (χ0) is 9.42. The van der Waals surface area contributed by atoms with Crippen LogP contribution in [0.2, 0.25) is 0 Å². The van der Waals surface area contributed by atoms with Crippen molar-refractivity contribution in [2.45, 2.75) is 6.92 Å². The van der Waals surface area contributed by atoms with Gasteiger partial charge in [-0.3, -0.25) is 4.40 Å². The summed E-state index contributed by atoms with van der Waals surface area (Å²) < 4.78 is 1.49. The van der Waals surface area contributed by atoms with Gasteiger partial charge < -0.3 is 9.90 Å². The zero-order valence-corrected chi connectivity index (χ0v) is 10.9. The van der Waals surface area contributed by atoms with E-state index in [0.717, 1.165) is 0 Å². The number of hydrogen-bond donors (Lipinski definition) is 0. The standard InChI is InChI=1S/C7H6N4O2.K/c1-4-5(6(12)13)2-8-7-10-9-3-11(4)7;/h2-3H,1H3,(H,12,13);/p-1. The zero-order valence-electron chi connectivity index (χ0n) is 7.76. The summed E-state index contributed by atoms with van der Waals surface area (Å²) in [6, 6.07) is 0. The van der Waals surface area contributed by atoms with Gasteiger partial charge in [0.25, 0.3) is 5.78 Å². The Labute approximate surface area is 122 Å². The van der Waals surface area contributed by atoms with E-state index in [0.29, 0.717) is 11.5 Å². The van der Waals surface area contributed by atoms with Crippen molar-refractivity contribution in [3.8, 4) is 0 Å². The molecule has 2 aromatic rings. The summed E-state index contributed by atoms with van der Waals surface area (Å²) >= 11 is 0. The van der Waals surface area contributed by atoms with Gasteiger partial charge in [-0.2, -0.15) is 0 Å². The van der Waals surface area contributed by atoms with Crippen LogP contribution in [0.25, 0.3) is 5.78 Å². The van der Waals surface area contributed by atoms with Gasteiger partial charge >= 0.3 is 0 Å². The Hall–Kier alpha value is -0.344. The summed E-state index contributed by atoms with van der Waals surface area (Å²) in [5.74, 6) is -0.872. The number of aryl methyl sites for hydroxylation is 1. The molecule has 1 radical (unpaired) electrons. The molecule has 0 atom stereocenters. The normalized spacial score (nSPS) is 9.79. The number of fused-ring (bicyclic) bond motifs is 1. The smallest absolute Gasteiger partial charge is 0.254 e. The largest absolute Gasteiger partial charge is 0.545 e. The summed E-state index contributed by atoms with van der Waals surface area (Å²) in [7, 11) is 0. The van der Waals surface area contributed by atoms with Crippen molar-refractivity contribution in [3.63, 3.8) is 0 Å². The maximum absolute atomic E-state index is 10.6. The maximum atomic E-state index is 10.6. The van der Waals surface area contributed by atoms with Crippen LogP contribution in [-0.4, -0.2) is 76.9 Å². The van der Waals surface area contributed by atoms with E-state index < -0.39 is 5.97 Å². The average Bonchev–Trinajstić information content (AvgIpc) is 2.52. The van der Waals surface area contributed by atoms with Crippen molar-refractivity contribution in [3.05, 3.63) is 23.8 Å². The number of aromatic carboxylic acids is 1. The summed E-state index contributed by atoms with van der Waals surface area (Å²) in [5, 5.41) is 17.9.